The Morgan fingerprint density at radius 2 is 1.51 bits per heavy atom. The van der Waals surface area contributed by atoms with Gasteiger partial charge in [-0.05, 0) is 43.4 Å². The molecule has 0 saturated heterocycles. The van der Waals surface area contributed by atoms with Crippen LogP contribution in [-0.4, -0.2) is 46.2 Å². The zero-order valence-corrected chi connectivity index (χ0v) is 23.1. The highest BCUT2D eigenvalue weighted by molar-refractivity contribution is 5.85. The Morgan fingerprint density at radius 3 is 2.27 bits per heavy atom. The first-order chi connectivity index (χ1) is 18.0. The van der Waals surface area contributed by atoms with Crippen molar-refractivity contribution in [2.24, 2.45) is 0 Å². The van der Waals surface area contributed by atoms with Gasteiger partial charge in [0.15, 0.2) is 0 Å². The molecule has 5 heteroatoms. The van der Waals surface area contributed by atoms with Crippen molar-refractivity contribution in [3.05, 3.63) is 71.4 Å². The summed E-state index contributed by atoms with van der Waals surface area (Å²) in [7, 11) is 0. The number of benzene rings is 2. The summed E-state index contributed by atoms with van der Waals surface area (Å²) in [6.07, 6.45) is 11.1. The molecule has 5 nitrogen and oxygen atoms in total. The van der Waals surface area contributed by atoms with E-state index in [4.69, 9.17) is 0 Å². The second-order valence-corrected chi connectivity index (χ2v) is 10.2. The van der Waals surface area contributed by atoms with Gasteiger partial charge in [0.1, 0.15) is 0 Å². The first kappa shape index (κ1) is 28.5. The van der Waals surface area contributed by atoms with Crippen LogP contribution in [0.15, 0.2) is 54.7 Å². The number of carbonyl (C=O) groups is 2. The van der Waals surface area contributed by atoms with Gasteiger partial charge in [-0.3, -0.25) is 9.59 Å². The van der Waals surface area contributed by atoms with Crippen LogP contribution >= 0.6 is 0 Å². The maximum absolute atomic E-state index is 13.6. The molecule has 0 spiro atoms. The van der Waals surface area contributed by atoms with Crippen LogP contribution in [0.1, 0.15) is 81.9 Å². The maximum Gasteiger partial charge on any atom is 0.242 e. The number of unbranched alkanes of at least 4 members (excludes halogenated alkanes) is 5. The lowest BCUT2D eigenvalue weighted by Crippen LogP contribution is -2.43. The number of aromatic nitrogens is 1. The van der Waals surface area contributed by atoms with Gasteiger partial charge in [-0.25, -0.2) is 0 Å². The Bertz CT molecular complexity index is 1100. The number of nitrogens with zero attached hydrogens (tertiary/aromatic N) is 2. The molecular formula is C32H45N3O2. The van der Waals surface area contributed by atoms with Crippen LogP contribution in [0, 0.1) is 6.92 Å². The zero-order chi connectivity index (χ0) is 26.5. The molecule has 0 saturated carbocycles. The van der Waals surface area contributed by atoms with Gasteiger partial charge in [-0.1, -0.05) is 94.0 Å². The SMILES string of the molecule is CCCCCCCCC(=O)N(CCC)CC(=O)N(CCc1c[nH]c2ccccc12)Cc1ccc(C)cc1. The number of aryl methyl sites for hydroxylation is 1. The maximum atomic E-state index is 13.6. The van der Waals surface area contributed by atoms with Crippen molar-refractivity contribution in [2.75, 3.05) is 19.6 Å². The molecule has 0 aliphatic heterocycles. The van der Waals surface area contributed by atoms with Crippen molar-refractivity contribution in [3.63, 3.8) is 0 Å². The number of para-hydroxylation sites is 1. The number of fused-ring (bicyclic) bond motifs is 1. The van der Waals surface area contributed by atoms with Crippen molar-refractivity contribution in [1.82, 2.24) is 14.8 Å². The van der Waals surface area contributed by atoms with E-state index in [2.05, 4.69) is 62.2 Å². The highest BCUT2D eigenvalue weighted by Gasteiger charge is 2.21. The van der Waals surface area contributed by atoms with E-state index in [1.807, 2.05) is 23.2 Å². The molecule has 0 aliphatic rings. The zero-order valence-electron chi connectivity index (χ0n) is 23.1. The summed E-state index contributed by atoms with van der Waals surface area (Å²) in [5, 5.41) is 1.20. The Labute approximate surface area is 223 Å². The molecule has 3 rings (SSSR count). The number of hydrogen-bond donors (Lipinski definition) is 1. The van der Waals surface area contributed by atoms with Crippen LogP contribution < -0.4 is 0 Å². The normalized spacial score (nSPS) is 11.1. The Morgan fingerprint density at radius 1 is 0.784 bits per heavy atom. The Hall–Kier alpha value is -3.08. The summed E-state index contributed by atoms with van der Waals surface area (Å²) >= 11 is 0. The van der Waals surface area contributed by atoms with Crippen LogP contribution in [0.5, 0.6) is 0 Å². The van der Waals surface area contributed by atoms with E-state index in [1.165, 1.54) is 42.2 Å². The van der Waals surface area contributed by atoms with Gasteiger partial charge in [0.05, 0.1) is 6.54 Å². The highest BCUT2D eigenvalue weighted by atomic mass is 16.2. The number of nitrogens with one attached hydrogen (secondary N) is 1. The first-order valence-electron chi connectivity index (χ1n) is 14.2. The van der Waals surface area contributed by atoms with E-state index in [0.717, 1.165) is 36.8 Å². The van der Waals surface area contributed by atoms with E-state index >= 15 is 0 Å². The number of rotatable bonds is 16. The monoisotopic (exact) mass is 503 g/mol. The molecule has 0 unspecified atom stereocenters. The van der Waals surface area contributed by atoms with Gasteiger partial charge < -0.3 is 14.8 Å². The lowest BCUT2D eigenvalue weighted by atomic mass is 10.1. The summed E-state index contributed by atoms with van der Waals surface area (Å²) in [6, 6.07) is 16.6. The quantitative estimate of drug-likeness (QED) is 0.213. The molecule has 1 heterocycles. The molecule has 0 bridgehead atoms. The van der Waals surface area contributed by atoms with Gasteiger partial charge in [-0.2, -0.15) is 0 Å². The standard InChI is InChI=1S/C32H45N3O2/c1-4-6-7-8-9-10-15-31(36)34(21-5-2)25-32(37)35(24-27-18-16-26(3)17-19-27)22-20-28-23-33-30-14-12-11-13-29(28)30/h11-14,16-19,23,33H,4-10,15,20-22,24-25H2,1-3H3. The van der Waals surface area contributed by atoms with Crippen LogP contribution in [0.3, 0.4) is 0 Å². The molecule has 37 heavy (non-hydrogen) atoms. The number of amides is 2. The van der Waals surface area contributed by atoms with Gasteiger partial charge in [0, 0.05) is 43.2 Å². The molecule has 200 valence electrons. The molecule has 2 amide bonds. The van der Waals surface area contributed by atoms with Crippen LogP contribution in [0.2, 0.25) is 0 Å². The topological polar surface area (TPSA) is 56.4 Å². The summed E-state index contributed by atoms with van der Waals surface area (Å²) in [5.41, 5.74) is 4.64. The molecule has 2 aromatic carbocycles. The lowest BCUT2D eigenvalue weighted by molar-refractivity contribution is -0.141. The molecule has 1 N–H and O–H groups in total. The number of aromatic amines is 1. The third kappa shape index (κ3) is 9.07. The van der Waals surface area contributed by atoms with Crippen molar-refractivity contribution < 1.29 is 9.59 Å². The molecule has 0 atom stereocenters. The van der Waals surface area contributed by atoms with Crippen molar-refractivity contribution >= 4 is 22.7 Å². The number of carbonyl (C=O) groups excluding carboxylic acids is 2. The van der Waals surface area contributed by atoms with Crippen molar-refractivity contribution in [2.45, 2.75) is 85.1 Å². The highest BCUT2D eigenvalue weighted by Crippen LogP contribution is 2.19. The molecule has 0 radical (unpaired) electrons. The van der Waals surface area contributed by atoms with Crippen molar-refractivity contribution in [3.8, 4) is 0 Å². The average molecular weight is 504 g/mol. The first-order valence-corrected chi connectivity index (χ1v) is 14.2. The minimum Gasteiger partial charge on any atom is -0.361 e. The summed E-state index contributed by atoms with van der Waals surface area (Å²) < 4.78 is 0. The number of hydrogen-bond acceptors (Lipinski definition) is 2. The predicted molar refractivity (Wildman–Crippen MR) is 153 cm³/mol. The van der Waals surface area contributed by atoms with Gasteiger partial charge >= 0.3 is 0 Å². The smallest absolute Gasteiger partial charge is 0.242 e. The van der Waals surface area contributed by atoms with E-state index in [-0.39, 0.29) is 18.4 Å². The van der Waals surface area contributed by atoms with E-state index in [1.54, 1.807) is 4.90 Å². The van der Waals surface area contributed by atoms with Crippen molar-refractivity contribution in [1.29, 1.82) is 0 Å². The fourth-order valence-electron chi connectivity index (χ4n) is 4.84. The summed E-state index contributed by atoms with van der Waals surface area (Å²) in [6.45, 7) is 8.29. The molecular weight excluding hydrogens is 458 g/mol. The van der Waals surface area contributed by atoms with E-state index in [0.29, 0.717) is 26.1 Å². The fourth-order valence-corrected chi connectivity index (χ4v) is 4.84. The van der Waals surface area contributed by atoms with E-state index in [9.17, 15) is 9.59 Å². The van der Waals surface area contributed by atoms with Gasteiger partial charge in [-0.15, -0.1) is 0 Å². The van der Waals surface area contributed by atoms with Gasteiger partial charge in [0.25, 0.3) is 0 Å². The fraction of sp³-hybridized carbons (Fsp3) is 0.500. The minimum absolute atomic E-state index is 0.0187. The van der Waals surface area contributed by atoms with Crippen LogP contribution in [0.25, 0.3) is 10.9 Å². The minimum atomic E-state index is 0.0187. The molecule has 1 aromatic heterocycles. The summed E-state index contributed by atoms with van der Waals surface area (Å²) in [4.78, 5) is 33.7. The van der Waals surface area contributed by atoms with Gasteiger partial charge in [0.2, 0.25) is 11.8 Å². The second-order valence-electron chi connectivity index (χ2n) is 10.2. The molecule has 3 aromatic rings. The van der Waals surface area contributed by atoms with Crippen LogP contribution in [-0.2, 0) is 22.6 Å². The van der Waals surface area contributed by atoms with Crippen LogP contribution in [0.4, 0.5) is 0 Å². The molecule has 0 fully saturated rings. The van der Waals surface area contributed by atoms with E-state index < -0.39 is 0 Å². The lowest BCUT2D eigenvalue weighted by Gasteiger charge is -2.28. The Kier molecular flexibility index (Phi) is 11.7. The third-order valence-electron chi connectivity index (χ3n) is 7.09. The number of H-pyrrole nitrogens is 1. The third-order valence-corrected chi connectivity index (χ3v) is 7.09. The average Bonchev–Trinajstić information content (AvgIpc) is 3.32. The largest absolute Gasteiger partial charge is 0.361 e. The summed E-state index contributed by atoms with van der Waals surface area (Å²) in [5.74, 6) is 0.128. The second kappa shape index (κ2) is 15.2. The predicted octanol–water partition coefficient (Wildman–Crippen LogP) is 7.04. The Balaban J connectivity index is 1.65. The molecule has 0 aliphatic carbocycles.